The number of hydrogen-bond acceptors (Lipinski definition) is 3. The summed E-state index contributed by atoms with van der Waals surface area (Å²) in [6.07, 6.45) is 2.56. The van der Waals surface area contributed by atoms with Gasteiger partial charge in [-0.2, -0.15) is 0 Å². The Balaban J connectivity index is 1.80. The fraction of sp³-hybridized carbons (Fsp3) is 0.600. The van der Waals surface area contributed by atoms with Gasteiger partial charge in [-0.3, -0.25) is 4.90 Å². The molecule has 0 saturated carbocycles. The third-order valence-electron chi connectivity index (χ3n) is 3.96. The van der Waals surface area contributed by atoms with E-state index in [1.165, 1.54) is 18.9 Å². The van der Waals surface area contributed by atoms with Crippen LogP contribution in [0.2, 0.25) is 0 Å². The van der Waals surface area contributed by atoms with Gasteiger partial charge in [0.25, 0.3) is 0 Å². The third-order valence-corrected chi connectivity index (χ3v) is 5.31. The Morgan fingerprint density at radius 3 is 2.62 bits per heavy atom. The highest BCUT2D eigenvalue weighted by molar-refractivity contribution is 7.89. The number of nitrogens with one attached hydrogen (secondary N) is 1. The Labute approximate surface area is 126 Å². The molecule has 1 saturated heterocycles. The summed E-state index contributed by atoms with van der Waals surface area (Å²) in [7, 11) is -3.36. The van der Waals surface area contributed by atoms with Crippen LogP contribution in [-0.4, -0.2) is 44.7 Å². The average molecular weight is 314 g/mol. The molecule has 1 atom stereocenters. The number of likely N-dealkylation sites (tertiary alicyclic amines) is 1. The first-order valence-corrected chi connectivity index (χ1v) is 9.08. The van der Waals surface area contributed by atoms with Crippen molar-refractivity contribution < 1.29 is 12.8 Å². The number of nitrogens with zero attached hydrogens (tertiary/aromatic N) is 1. The van der Waals surface area contributed by atoms with Crippen molar-refractivity contribution in [3.63, 3.8) is 0 Å². The van der Waals surface area contributed by atoms with Gasteiger partial charge in [-0.15, -0.1) is 0 Å². The van der Waals surface area contributed by atoms with Crippen molar-refractivity contribution in [1.82, 2.24) is 9.62 Å². The highest BCUT2D eigenvalue weighted by Crippen LogP contribution is 2.11. The molecule has 1 aliphatic heterocycles. The van der Waals surface area contributed by atoms with E-state index in [0.29, 0.717) is 12.1 Å². The average Bonchev–Trinajstić information content (AvgIpc) is 2.98. The molecule has 0 bridgehead atoms. The standard InChI is InChI=1S/C15H23FN2O2S/c1-13(18-9-4-5-10-18)12-17-21(19,20)11-8-14-6-2-3-7-15(14)16/h2-3,6-7,13,17H,4-5,8-12H2,1H3. The molecule has 1 aromatic rings. The minimum Gasteiger partial charge on any atom is -0.299 e. The van der Waals surface area contributed by atoms with Crippen molar-refractivity contribution in [2.75, 3.05) is 25.4 Å². The molecular weight excluding hydrogens is 291 g/mol. The van der Waals surface area contributed by atoms with Crippen LogP contribution in [0.1, 0.15) is 25.3 Å². The van der Waals surface area contributed by atoms with Crippen molar-refractivity contribution in [2.45, 2.75) is 32.2 Å². The first-order valence-electron chi connectivity index (χ1n) is 7.43. The van der Waals surface area contributed by atoms with Gasteiger partial charge < -0.3 is 0 Å². The topological polar surface area (TPSA) is 49.4 Å². The smallest absolute Gasteiger partial charge is 0.211 e. The fourth-order valence-electron chi connectivity index (χ4n) is 2.58. The maximum absolute atomic E-state index is 13.5. The molecule has 2 rings (SSSR count). The van der Waals surface area contributed by atoms with Gasteiger partial charge in [0, 0.05) is 12.6 Å². The van der Waals surface area contributed by atoms with Gasteiger partial charge in [0.1, 0.15) is 5.82 Å². The Bertz CT molecular complexity index is 557. The molecule has 0 spiro atoms. The van der Waals surface area contributed by atoms with Crippen molar-refractivity contribution in [3.05, 3.63) is 35.6 Å². The molecule has 21 heavy (non-hydrogen) atoms. The lowest BCUT2D eigenvalue weighted by Gasteiger charge is -2.23. The van der Waals surface area contributed by atoms with Crippen LogP contribution in [0.25, 0.3) is 0 Å². The summed E-state index contributed by atoms with van der Waals surface area (Å²) in [5.41, 5.74) is 0.440. The molecule has 118 valence electrons. The van der Waals surface area contributed by atoms with Crippen LogP contribution >= 0.6 is 0 Å². The van der Waals surface area contributed by atoms with E-state index in [0.717, 1.165) is 13.1 Å². The van der Waals surface area contributed by atoms with Crippen molar-refractivity contribution in [2.24, 2.45) is 0 Å². The van der Waals surface area contributed by atoms with E-state index in [4.69, 9.17) is 0 Å². The van der Waals surface area contributed by atoms with E-state index >= 15 is 0 Å². The minimum atomic E-state index is -3.36. The second kappa shape index (κ2) is 7.33. The van der Waals surface area contributed by atoms with Gasteiger partial charge in [-0.25, -0.2) is 17.5 Å². The quantitative estimate of drug-likeness (QED) is 0.834. The first-order chi connectivity index (χ1) is 9.98. The predicted octanol–water partition coefficient (Wildman–Crippen LogP) is 1.77. The Kier molecular flexibility index (Phi) is 5.72. The van der Waals surface area contributed by atoms with Gasteiger partial charge in [-0.05, 0) is 50.9 Å². The molecule has 1 fully saturated rings. The Morgan fingerprint density at radius 1 is 1.29 bits per heavy atom. The maximum Gasteiger partial charge on any atom is 0.211 e. The second-order valence-electron chi connectivity index (χ2n) is 5.60. The lowest BCUT2D eigenvalue weighted by molar-refractivity contribution is 0.260. The zero-order chi connectivity index (χ0) is 15.3. The zero-order valence-electron chi connectivity index (χ0n) is 12.4. The summed E-state index contributed by atoms with van der Waals surface area (Å²) in [5.74, 6) is -0.432. The molecule has 1 unspecified atom stereocenters. The molecule has 6 heteroatoms. The van der Waals surface area contributed by atoms with Crippen molar-refractivity contribution in [1.29, 1.82) is 0 Å². The monoisotopic (exact) mass is 314 g/mol. The molecule has 0 radical (unpaired) electrons. The number of benzene rings is 1. The van der Waals surface area contributed by atoms with Gasteiger partial charge in [0.15, 0.2) is 0 Å². The largest absolute Gasteiger partial charge is 0.299 e. The van der Waals surface area contributed by atoms with Gasteiger partial charge in [0.2, 0.25) is 10.0 Å². The maximum atomic E-state index is 13.5. The van der Waals surface area contributed by atoms with E-state index in [9.17, 15) is 12.8 Å². The van der Waals surface area contributed by atoms with Crippen LogP contribution in [0.15, 0.2) is 24.3 Å². The lowest BCUT2D eigenvalue weighted by atomic mass is 10.2. The Hall–Kier alpha value is -0.980. The van der Waals surface area contributed by atoms with Crippen LogP contribution in [-0.2, 0) is 16.4 Å². The predicted molar refractivity (Wildman–Crippen MR) is 82.2 cm³/mol. The molecule has 4 nitrogen and oxygen atoms in total. The van der Waals surface area contributed by atoms with Crippen molar-refractivity contribution in [3.8, 4) is 0 Å². The molecule has 0 aliphatic carbocycles. The van der Waals surface area contributed by atoms with Crippen LogP contribution < -0.4 is 4.72 Å². The second-order valence-corrected chi connectivity index (χ2v) is 7.53. The van der Waals surface area contributed by atoms with Gasteiger partial charge in [-0.1, -0.05) is 18.2 Å². The van der Waals surface area contributed by atoms with E-state index in [2.05, 4.69) is 9.62 Å². The van der Waals surface area contributed by atoms with E-state index < -0.39 is 10.0 Å². The fourth-order valence-corrected chi connectivity index (χ4v) is 3.70. The first kappa shape index (κ1) is 16.4. The summed E-state index contributed by atoms with van der Waals surface area (Å²) < 4.78 is 40.1. The highest BCUT2D eigenvalue weighted by atomic mass is 32.2. The number of halogens is 1. The summed E-state index contributed by atoms with van der Waals surface area (Å²) in [5, 5.41) is 0. The van der Waals surface area contributed by atoms with E-state index in [-0.39, 0.29) is 24.0 Å². The molecule has 1 aromatic carbocycles. The summed E-state index contributed by atoms with van der Waals surface area (Å²) in [6, 6.07) is 6.50. The van der Waals surface area contributed by atoms with Crippen LogP contribution in [0.4, 0.5) is 4.39 Å². The van der Waals surface area contributed by atoms with Gasteiger partial charge in [0.05, 0.1) is 5.75 Å². The normalized spacial score (nSPS) is 18.0. The summed E-state index contributed by atoms with van der Waals surface area (Å²) >= 11 is 0. The van der Waals surface area contributed by atoms with E-state index in [1.54, 1.807) is 18.2 Å². The molecule has 1 heterocycles. The van der Waals surface area contributed by atoms with Gasteiger partial charge >= 0.3 is 0 Å². The summed E-state index contributed by atoms with van der Waals surface area (Å²) in [6.45, 7) is 4.53. The number of rotatable bonds is 7. The SMILES string of the molecule is CC(CNS(=O)(=O)CCc1ccccc1F)N1CCCC1. The molecule has 0 amide bonds. The molecule has 0 aromatic heterocycles. The van der Waals surface area contributed by atoms with Crippen LogP contribution in [0.3, 0.4) is 0 Å². The summed E-state index contributed by atoms with van der Waals surface area (Å²) in [4.78, 5) is 2.29. The number of sulfonamides is 1. The minimum absolute atomic E-state index is 0.0827. The number of hydrogen-bond donors (Lipinski definition) is 1. The van der Waals surface area contributed by atoms with E-state index in [1.807, 2.05) is 6.92 Å². The highest BCUT2D eigenvalue weighted by Gasteiger charge is 2.20. The number of aryl methyl sites for hydroxylation is 1. The zero-order valence-corrected chi connectivity index (χ0v) is 13.2. The Morgan fingerprint density at radius 2 is 1.95 bits per heavy atom. The van der Waals surface area contributed by atoms with Crippen LogP contribution in [0.5, 0.6) is 0 Å². The van der Waals surface area contributed by atoms with Crippen LogP contribution in [0, 0.1) is 5.82 Å². The van der Waals surface area contributed by atoms with Crippen molar-refractivity contribution >= 4 is 10.0 Å². The molecule has 1 N–H and O–H groups in total. The molecular formula is C15H23FN2O2S. The third kappa shape index (κ3) is 5.05. The lowest BCUT2D eigenvalue weighted by Crippen LogP contribution is -2.41. The molecule has 1 aliphatic rings.